The van der Waals surface area contributed by atoms with Crippen molar-refractivity contribution in [2.24, 2.45) is 0 Å². The van der Waals surface area contributed by atoms with Crippen molar-refractivity contribution in [2.45, 2.75) is 206 Å². The van der Waals surface area contributed by atoms with Gasteiger partial charge >= 0.3 is 182 Å². The van der Waals surface area contributed by atoms with Crippen LogP contribution in [0.25, 0.3) is 0 Å². The maximum absolute atomic E-state index is 11.0. The van der Waals surface area contributed by atoms with Crippen LogP contribution in [0.5, 0.6) is 0 Å². The normalized spacial score (nSPS) is 13.1. The fraction of sp³-hybridized carbons (Fsp3) is 1.00. The van der Waals surface area contributed by atoms with Gasteiger partial charge in [-0.2, -0.15) is 0 Å². The van der Waals surface area contributed by atoms with Gasteiger partial charge in [0.25, 0.3) is 0 Å². The second-order valence-corrected chi connectivity index (χ2v) is 16.7. The van der Waals surface area contributed by atoms with E-state index in [4.69, 9.17) is 4.52 Å². The molecule has 39 heavy (non-hydrogen) atoms. The molecule has 0 fully saturated rings. The van der Waals surface area contributed by atoms with E-state index < -0.39 is 7.28 Å². The zero-order chi connectivity index (χ0) is 28.8. The molecule has 0 aromatic heterocycles. The maximum atomic E-state index is 11.0. The fourth-order valence-corrected chi connectivity index (χ4v) is 8.20. The second-order valence-electron chi connectivity index (χ2n) is 12.8. The third kappa shape index (κ3) is 28.2. The number of hydrogen-bond acceptors (Lipinski definition) is 3. The first-order valence-electron chi connectivity index (χ1n) is 18.0. The van der Waals surface area contributed by atoms with Crippen LogP contribution in [0.2, 0.25) is 0 Å². The first kappa shape index (κ1) is 39.3. The zero-order valence-electron chi connectivity index (χ0n) is 27.4. The molecule has 0 atom stereocenters. The van der Waals surface area contributed by atoms with Crippen LogP contribution in [0.15, 0.2) is 0 Å². The Morgan fingerprint density at radius 1 is 0.333 bits per heavy atom. The molecule has 0 aliphatic rings. The molecular weight excluding hydrogens is 499 g/mol. The summed E-state index contributed by atoms with van der Waals surface area (Å²) in [6.45, 7) is 4.57. The van der Waals surface area contributed by atoms with Crippen LogP contribution in [0.4, 0.5) is 0 Å². The van der Waals surface area contributed by atoms with Gasteiger partial charge < -0.3 is 0 Å². The van der Waals surface area contributed by atoms with Gasteiger partial charge in [0.1, 0.15) is 0 Å². The van der Waals surface area contributed by atoms with Crippen molar-refractivity contribution in [1.29, 1.82) is 0 Å². The van der Waals surface area contributed by atoms with Crippen LogP contribution < -0.4 is 0 Å². The molecule has 0 amide bonds. The van der Waals surface area contributed by atoms with Crippen LogP contribution in [-0.4, -0.2) is 29.2 Å². The molecule has 238 valence electrons. The van der Waals surface area contributed by atoms with Crippen molar-refractivity contribution in [3.8, 4) is 0 Å². The molecule has 0 aromatic carbocycles. The average Bonchev–Trinajstić information content (AvgIpc) is 2.93. The molecule has 3 nitrogen and oxygen atoms in total. The molecule has 0 saturated heterocycles. The Labute approximate surface area is 247 Å². The van der Waals surface area contributed by atoms with Crippen molar-refractivity contribution in [2.75, 3.05) is 19.4 Å². The molecule has 0 spiro atoms. The predicted octanol–water partition coefficient (Wildman–Crippen LogP) is 12.7. The van der Waals surface area contributed by atoms with Crippen molar-refractivity contribution in [3.05, 3.63) is 0 Å². The van der Waals surface area contributed by atoms with Gasteiger partial charge in [0, 0.05) is 0 Å². The Hall–Kier alpha value is 0.310. The van der Waals surface area contributed by atoms with E-state index in [2.05, 4.69) is 13.8 Å². The minimum atomic E-state index is -3.91. The van der Waals surface area contributed by atoms with E-state index >= 15 is 0 Å². The predicted molar refractivity (Wildman–Crippen MR) is 178 cm³/mol. The van der Waals surface area contributed by atoms with Crippen molar-refractivity contribution >= 4 is 7.28 Å². The van der Waals surface area contributed by atoms with E-state index in [0.29, 0.717) is 12.3 Å². The Morgan fingerprint density at radius 2 is 0.513 bits per heavy atom. The Morgan fingerprint density at radius 3 is 0.692 bits per heavy atom. The summed E-state index contributed by atoms with van der Waals surface area (Å²) in [4.78, 5) is 21.9. The Balaban J connectivity index is 3.54. The van der Waals surface area contributed by atoms with E-state index in [1.165, 1.54) is 174 Å². The number of rotatable bonds is 33. The van der Waals surface area contributed by atoms with E-state index in [-0.39, 0.29) is 0 Å². The van der Waals surface area contributed by atoms with Crippen LogP contribution in [0, 0.1) is 0 Å². The molecule has 0 aromatic rings. The Kier molecular flexibility index (Phi) is 28.7. The van der Waals surface area contributed by atoms with Crippen molar-refractivity contribution in [3.63, 3.8) is 0 Å². The standard InChI is InChI=1S/C35H75O3P/c1-4-6-8-10-12-14-16-18-20-22-24-26-28-30-32-34-39(36,37,38-3)35-33-31-29-27-25-23-21-19-17-15-13-11-9-7-5-2/h36-37H,4-35H2,1-3H3. The number of unbranched alkanes of at least 4 members (excludes halogenated alkanes) is 28. The summed E-state index contributed by atoms with van der Waals surface area (Å²) in [6, 6.07) is 0. The van der Waals surface area contributed by atoms with Crippen LogP contribution in [0.1, 0.15) is 206 Å². The molecular formula is C35H75O3P. The summed E-state index contributed by atoms with van der Waals surface area (Å²) < 4.78 is 5.41. The van der Waals surface area contributed by atoms with Gasteiger partial charge in [-0.05, 0) is 0 Å². The van der Waals surface area contributed by atoms with E-state index in [1.54, 1.807) is 0 Å². The minimum absolute atomic E-state index is 0.457. The van der Waals surface area contributed by atoms with Gasteiger partial charge in [-0.15, -0.1) is 0 Å². The van der Waals surface area contributed by atoms with Crippen LogP contribution in [0.3, 0.4) is 0 Å². The summed E-state index contributed by atoms with van der Waals surface area (Å²) >= 11 is 0. The van der Waals surface area contributed by atoms with Gasteiger partial charge in [-0.3, -0.25) is 0 Å². The van der Waals surface area contributed by atoms with Gasteiger partial charge in [-0.25, -0.2) is 0 Å². The Bertz CT molecular complexity index is 445. The third-order valence-electron chi connectivity index (χ3n) is 8.84. The van der Waals surface area contributed by atoms with Crippen molar-refractivity contribution < 1.29 is 14.3 Å². The monoisotopic (exact) mass is 575 g/mol. The summed E-state index contributed by atoms with van der Waals surface area (Å²) in [5.41, 5.74) is 0. The van der Waals surface area contributed by atoms with E-state index in [9.17, 15) is 9.79 Å². The summed E-state index contributed by atoms with van der Waals surface area (Å²) in [5, 5.41) is 0. The van der Waals surface area contributed by atoms with E-state index in [0.717, 1.165) is 25.7 Å². The summed E-state index contributed by atoms with van der Waals surface area (Å²) in [6.07, 6.45) is 40.7. The van der Waals surface area contributed by atoms with Gasteiger partial charge in [0.05, 0.1) is 0 Å². The summed E-state index contributed by atoms with van der Waals surface area (Å²) in [7, 11) is -2.40. The zero-order valence-corrected chi connectivity index (χ0v) is 28.3. The topological polar surface area (TPSA) is 49.7 Å². The number of hydrogen-bond donors (Lipinski definition) is 2. The SMILES string of the molecule is CCCCCCCCCCCCCCCCCP(O)(O)(CCCCCCCCCCCCCCCCC)OC. The second kappa shape index (κ2) is 28.4. The molecule has 0 rings (SSSR count). The molecule has 0 radical (unpaired) electrons. The van der Waals surface area contributed by atoms with Crippen LogP contribution in [-0.2, 0) is 4.52 Å². The molecule has 0 aliphatic heterocycles. The first-order valence-corrected chi connectivity index (χ1v) is 20.5. The van der Waals surface area contributed by atoms with Gasteiger partial charge in [-0.1, -0.05) is 65.2 Å². The molecule has 0 heterocycles. The molecule has 0 bridgehead atoms. The molecule has 2 N–H and O–H groups in total. The molecule has 0 saturated carbocycles. The quantitative estimate of drug-likeness (QED) is 0.0605. The van der Waals surface area contributed by atoms with Gasteiger partial charge in [0.15, 0.2) is 0 Å². The molecule has 0 unspecified atom stereocenters. The van der Waals surface area contributed by atoms with E-state index in [1.807, 2.05) is 0 Å². The third-order valence-corrected chi connectivity index (χ3v) is 12.1. The van der Waals surface area contributed by atoms with Crippen LogP contribution >= 0.6 is 7.28 Å². The first-order chi connectivity index (χ1) is 19.0. The molecule has 4 heteroatoms. The fourth-order valence-electron chi connectivity index (χ4n) is 5.90. The summed E-state index contributed by atoms with van der Waals surface area (Å²) in [5.74, 6) is 0. The van der Waals surface area contributed by atoms with Crippen molar-refractivity contribution in [1.82, 2.24) is 0 Å². The molecule has 0 aliphatic carbocycles. The average molecular weight is 575 g/mol. The van der Waals surface area contributed by atoms with Gasteiger partial charge in [0.2, 0.25) is 0 Å².